The highest BCUT2D eigenvalue weighted by molar-refractivity contribution is 6.36. The van der Waals surface area contributed by atoms with Crippen molar-refractivity contribution in [1.82, 2.24) is 4.90 Å². The summed E-state index contributed by atoms with van der Waals surface area (Å²) in [7, 11) is 0. The van der Waals surface area contributed by atoms with E-state index in [1.165, 1.54) is 4.90 Å². The largest absolute Gasteiger partial charge is 0.350 e. The maximum Gasteiger partial charge on any atom is 0.278 e. The van der Waals surface area contributed by atoms with Crippen molar-refractivity contribution in [3.05, 3.63) is 106 Å². The lowest BCUT2D eigenvalue weighted by Crippen LogP contribution is -2.32. The van der Waals surface area contributed by atoms with Crippen LogP contribution in [-0.4, -0.2) is 16.7 Å². The monoisotopic (exact) mass is 396 g/mol. The van der Waals surface area contributed by atoms with Gasteiger partial charge in [-0.05, 0) is 49.6 Å². The number of amides is 2. The second-order valence-corrected chi connectivity index (χ2v) is 7.79. The molecule has 0 atom stereocenters. The van der Waals surface area contributed by atoms with Gasteiger partial charge in [0, 0.05) is 5.69 Å². The van der Waals surface area contributed by atoms with Gasteiger partial charge in [-0.25, -0.2) is 0 Å². The van der Waals surface area contributed by atoms with Crippen molar-refractivity contribution in [2.45, 2.75) is 27.3 Å². The van der Waals surface area contributed by atoms with Crippen molar-refractivity contribution >= 4 is 23.1 Å². The second-order valence-electron chi connectivity index (χ2n) is 7.79. The molecule has 4 rings (SSSR count). The molecule has 0 fully saturated rings. The molecule has 0 aliphatic carbocycles. The first-order chi connectivity index (χ1) is 14.4. The Balaban J connectivity index is 1.73. The number of rotatable bonds is 5. The van der Waals surface area contributed by atoms with E-state index in [4.69, 9.17) is 0 Å². The Kier molecular flexibility index (Phi) is 5.23. The molecule has 0 radical (unpaired) electrons. The predicted molar refractivity (Wildman–Crippen MR) is 120 cm³/mol. The van der Waals surface area contributed by atoms with Gasteiger partial charge in [0.05, 0.1) is 12.1 Å². The first-order valence-electron chi connectivity index (χ1n) is 9.99. The van der Waals surface area contributed by atoms with Crippen molar-refractivity contribution in [2.75, 3.05) is 5.32 Å². The van der Waals surface area contributed by atoms with Gasteiger partial charge in [-0.2, -0.15) is 0 Å². The quantitative estimate of drug-likeness (QED) is 0.617. The van der Waals surface area contributed by atoms with Crippen LogP contribution in [0, 0.1) is 20.8 Å². The van der Waals surface area contributed by atoms with Crippen LogP contribution in [0.25, 0.3) is 5.57 Å². The van der Waals surface area contributed by atoms with Gasteiger partial charge in [0.1, 0.15) is 5.70 Å². The van der Waals surface area contributed by atoms with Crippen LogP contribution < -0.4 is 5.32 Å². The van der Waals surface area contributed by atoms with Gasteiger partial charge in [-0.1, -0.05) is 71.8 Å². The van der Waals surface area contributed by atoms with Crippen LogP contribution >= 0.6 is 0 Å². The van der Waals surface area contributed by atoms with Crippen LogP contribution in [0.1, 0.15) is 27.8 Å². The molecule has 1 aliphatic rings. The van der Waals surface area contributed by atoms with E-state index in [2.05, 4.69) is 5.32 Å². The van der Waals surface area contributed by atoms with E-state index in [-0.39, 0.29) is 18.4 Å². The van der Waals surface area contributed by atoms with E-state index >= 15 is 0 Å². The fourth-order valence-corrected chi connectivity index (χ4v) is 3.57. The van der Waals surface area contributed by atoms with Crippen LogP contribution in [0.15, 0.2) is 78.5 Å². The third-order valence-electron chi connectivity index (χ3n) is 5.26. The maximum absolute atomic E-state index is 13.3. The summed E-state index contributed by atoms with van der Waals surface area (Å²) in [4.78, 5) is 28.0. The Labute approximate surface area is 176 Å². The van der Waals surface area contributed by atoms with Gasteiger partial charge in [-0.15, -0.1) is 0 Å². The predicted octanol–water partition coefficient (Wildman–Crippen LogP) is 5.00. The van der Waals surface area contributed by atoms with Gasteiger partial charge in [0.15, 0.2) is 0 Å². The zero-order valence-corrected chi connectivity index (χ0v) is 17.4. The molecule has 0 bridgehead atoms. The third-order valence-corrected chi connectivity index (χ3v) is 5.26. The van der Waals surface area contributed by atoms with E-state index in [1.807, 2.05) is 93.6 Å². The smallest absolute Gasteiger partial charge is 0.278 e. The molecule has 1 aliphatic heterocycles. The molecule has 150 valence electrons. The van der Waals surface area contributed by atoms with E-state index in [0.717, 1.165) is 33.5 Å². The fraction of sp³-hybridized carbons (Fsp3) is 0.154. The lowest BCUT2D eigenvalue weighted by Gasteiger charge is -2.15. The number of nitrogens with one attached hydrogen (secondary N) is 1. The Morgan fingerprint density at radius 2 is 1.37 bits per heavy atom. The Hall–Kier alpha value is -3.66. The highest BCUT2D eigenvalue weighted by Crippen LogP contribution is 2.31. The van der Waals surface area contributed by atoms with Gasteiger partial charge in [-0.3, -0.25) is 14.5 Å². The van der Waals surface area contributed by atoms with Crippen LogP contribution in [-0.2, 0) is 16.1 Å². The lowest BCUT2D eigenvalue weighted by atomic mass is 10.0. The third kappa shape index (κ3) is 3.90. The molecule has 1 N–H and O–H groups in total. The molecule has 3 aromatic carbocycles. The Morgan fingerprint density at radius 1 is 0.733 bits per heavy atom. The maximum atomic E-state index is 13.3. The molecule has 0 spiro atoms. The first-order valence-corrected chi connectivity index (χ1v) is 9.99. The van der Waals surface area contributed by atoms with E-state index in [1.54, 1.807) is 0 Å². The second kappa shape index (κ2) is 7.99. The molecular weight excluding hydrogens is 372 g/mol. The van der Waals surface area contributed by atoms with Crippen LogP contribution in [0.4, 0.5) is 5.69 Å². The summed E-state index contributed by atoms with van der Waals surface area (Å²) in [5.74, 6) is -0.586. The number of carbonyl (C=O) groups excluding carboxylic acids is 2. The summed E-state index contributed by atoms with van der Waals surface area (Å²) >= 11 is 0. The number of anilines is 1. The molecule has 1 heterocycles. The molecule has 30 heavy (non-hydrogen) atoms. The highest BCUT2D eigenvalue weighted by Gasteiger charge is 2.39. The summed E-state index contributed by atoms with van der Waals surface area (Å²) in [6.45, 7) is 6.24. The van der Waals surface area contributed by atoms with E-state index in [0.29, 0.717) is 11.3 Å². The molecule has 0 saturated carbocycles. The zero-order valence-electron chi connectivity index (χ0n) is 17.4. The molecule has 0 saturated heterocycles. The molecular formula is C26H24N2O2. The average molecular weight is 396 g/mol. The number of nitrogens with zero attached hydrogens (tertiary/aromatic N) is 1. The molecule has 3 aromatic rings. The number of imide groups is 1. The van der Waals surface area contributed by atoms with Crippen LogP contribution in [0.2, 0.25) is 0 Å². The summed E-state index contributed by atoms with van der Waals surface area (Å²) in [5.41, 5.74) is 6.48. The van der Waals surface area contributed by atoms with Gasteiger partial charge >= 0.3 is 0 Å². The standard InChI is InChI=1S/C26H24N2O2/c1-17-7-11-20(12-8-17)16-28-25(29)23(21-13-9-18(2)10-14-21)24(26(28)30)27-22-6-4-5-19(3)15-22/h4-15,27H,16H2,1-3H3. The minimum absolute atomic E-state index is 0.242. The molecule has 4 heteroatoms. The van der Waals surface area contributed by atoms with Gasteiger partial charge < -0.3 is 5.32 Å². The first kappa shape index (κ1) is 19.6. The minimum Gasteiger partial charge on any atom is -0.350 e. The summed E-state index contributed by atoms with van der Waals surface area (Å²) in [5, 5.41) is 3.22. The van der Waals surface area contributed by atoms with Crippen molar-refractivity contribution < 1.29 is 9.59 Å². The van der Waals surface area contributed by atoms with E-state index in [9.17, 15) is 9.59 Å². The normalized spacial score (nSPS) is 13.9. The van der Waals surface area contributed by atoms with Crippen molar-refractivity contribution in [2.24, 2.45) is 0 Å². The summed E-state index contributed by atoms with van der Waals surface area (Å²) < 4.78 is 0. The van der Waals surface area contributed by atoms with Crippen LogP contribution in [0.5, 0.6) is 0 Å². The number of aryl methyl sites for hydroxylation is 3. The SMILES string of the molecule is Cc1ccc(CN2C(=O)C(Nc3cccc(C)c3)=C(c3ccc(C)cc3)C2=O)cc1. The number of benzene rings is 3. The van der Waals surface area contributed by atoms with Crippen molar-refractivity contribution in [3.8, 4) is 0 Å². The Morgan fingerprint density at radius 3 is 2.00 bits per heavy atom. The summed E-state index contributed by atoms with van der Waals surface area (Å²) in [6, 6.07) is 23.3. The van der Waals surface area contributed by atoms with Gasteiger partial charge in [0.25, 0.3) is 11.8 Å². The van der Waals surface area contributed by atoms with Gasteiger partial charge in [0.2, 0.25) is 0 Å². The van der Waals surface area contributed by atoms with Crippen molar-refractivity contribution in [3.63, 3.8) is 0 Å². The average Bonchev–Trinajstić information content (AvgIpc) is 2.95. The lowest BCUT2D eigenvalue weighted by molar-refractivity contribution is -0.137. The summed E-state index contributed by atoms with van der Waals surface area (Å²) in [6.07, 6.45) is 0. The molecule has 0 unspecified atom stereocenters. The topological polar surface area (TPSA) is 49.4 Å². The number of carbonyl (C=O) groups is 2. The van der Waals surface area contributed by atoms with E-state index < -0.39 is 0 Å². The zero-order chi connectivity index (χ0) is 21.3. The number of hydrogen-bond donors (Lipinski definition) is 1. The van der Waals surface area contributed by atoms with Crippen LogP contribution in [0.3, 0.4) is 0 Å². The Bertz CT molecular complexity index is 1140. The molecule has 0 aromatic heterocycles. The number of hydrogen-bond acceptors (Lipinski definition) is 3. The fourth-order valence-electron chi connectivity index (χ4n) is 3.57. The molecule has 2 amide bonds. The molecule has 4 nitrogen and oxygen atoms in total. The van der Waals surface area contributed by atoms with Crippen molar-refractivity contribution in [1.29, 1.82) is 0 Å². The highest BCUT2D eigenvalue weighted by atomic mass is 16.2. The minimum atomic E-state index is -0.308.